The molecule has 0 radical (unpaired) electrons. The Bertz CT molecular complexity index is 912. The zero-order valence-corrected chi connectivity index (χ0v) is 14.9. The number of halogens is 2. The Morgan fingerprint density at radius 3 is 2.74 bits per heavy atom. The smallest absolute Gasteiger partial charge is 0.300 e. The summed E-state index contributed by atoms with van der Waals surface area (Å²) < 4.78 is 13.4. The number of hydrogen-bond acceptors (Lipinski definition) is 4. The Hall–Kier alpha value is -3.09. The number of carbonyl (C=O) groups is 2. The molecule has 2 N–H and O–H groups in total. The van der Waals surface area contributed by atoms with Gasteiger partial charge in [0, 0.05) is 30.2 Å². The van der Waals surface area contributed by atoms with Crippen molar-refractivity contribution in [3.05, 3.63) is 64.9 Å². The minimum Gasteiger partial charge on any atom is -0.349 e. The molecule has 2 aromatic rings. The van der Waals surface area contributed by atoms with E-state index in [1.165, 1.54) is 17.0 Å². The number of carbonyl (C=O) groups excluding carboxylic acids is 2. The van der Waals surface area contributed by atoms with Crippen LogP contribution < -0.4 is 15.1 Å². The molecule has 2 aromatic carbocycles. The minimum atomic E-state index is -1.81. The van der Waals surface area contributed by atoms with E-state index >= 15 is 0 Å². The summed E-state index contributed by atoms with van der Waals surface area (Å²) in [6, 6.07) is 12.8. The van der Waals surface area contributed by atoms with Crippen LogP contribution in [0.2, 0.25) is 5.02 Å². The van der Waals surface area contributed by atoms with Crippen LogP contribution in [-0.4, -0.2) is 23.9 Å². The van der Waals surface area contributed by atoms with E-state index < -0.39 is 23.2 Å². The predicted octanol–water partition coefficient (Wildman–Crippen LogP) is 2.82. The van der Waals surface area contributed by atoms with Crippen molar-refractivity contribution in [3.63, 3.8) is 0 Å². The molecule has 138 valence electrons. The zero-order chi connectivity index (χ0) is 19.4. The Morgan fingerprint density at radius 1 is 1.33 bits per heavy atom. The molecule has 0 saturated carbocycles. The Morgan fingerprint density at radius 2 is 2.07 bits per heavy atom. The molecule has 1 atom stereocenters. The Labute approximate surface area is 159 Å². The zero-order valence-electron chi connectivity index (χ0n) is 14.2. The van der Waals surface area contributed by atoms with E-state index in [1.54, 1.807) is 24.3 Å². The van der Waals surface area contributed by atoms with Crippen LogP contribution in [0.5, 0.6) is 0 Å². The van der Waals surface area contributed by atoms with Gasteiger partial charge in [-0.1, -0.05) is 29.8 Å². The van der Waals surface area contributed by atoms with Crippen molar-refractivity contribution in [1.29, 1.82) is 5.53 Å². The normalized spacial score (nSPS) is 18.9. The first-order valence-electron chi connectivity index (χ1n) is 8.15. The fourth-order valence-electron chi connectivity index (χ4n) is 3.04. The minimum absolute atomic E-state index is 0.0375. The van der Waals surface area contributed by atoms with Crippen molar-refractivity contribution >= 4 is 29.1 Å². The fraction of sp³-hybridized carbons (Fsp3) is 0.222. The number of benzene rings is 2. The largest absolute Gasteiger partial charge is 0.349 e. The standard InChI is InChI=1S/C18H15ClFN5O2/c19-13-8-12(9-14(20)10-13)11-22-16(26)18(23-24-21)6-7-25(17(18)27)15-4-2-1-3-5-15/h1-5,8-10,21H,6-7,11H2/p+1/t18-/m0/s1. The van der Waals surface area contributed by atoms with Crippen molar-refractivity contribution < 1.29 is 14.0 Å². The van der Waals surface area contributed by atoms with Gasteiger partial charge in [0.15, 0.2) is 0 Å². The molecule has 7 nitrogen and oxygen atoms in total. The van der Waals surface area contributed by atoms with Crippen LogP contribution in [0, 0.1) is 11.3 Å². The van der Waals surface area contributed by atoms with Crippen LogP contribution in [0.25, 0.3) is 0 Å². The Balaban J connectivity index is 1.81. The van der Waals surface area contributed by atoms with Crippen molar-refractivity contribution in [3.8, 4) is 0 Å². The highest BCUT2D eigenvalue weighted by Crippen LogP contribution is 2.31. The van der Waals surface area contributed by atoms with E-state index in [2.05, 4.69) is 15.3 Å². The van der Waals surface area contributed by atoms with Crippen molar-refractivity contribution in [2.75, 3.05) is 11.4 Å². The van der Waals surface area contributed by atoms with E-state index in [-0.39, 0.29) is 24.5 Å². The van der Waals surface area contributed by atoms with E-state index in [9.17, 15) is 14.0 Å². The summed E-state index contributed by atoms with van der Waals surface area (Å²) >= 11 is 5.81. The molecule has 1 saturated heterocycles. The summed E-state index contributed by atoms with van der Waals surface area (Å²) in [5.41, 5.74) is 6.30. The topological polar surface area (TPSA) is 99.7 Å². The first-order chi connectivity index (χ1) is 13.0. The number of para-hydroxylation sites is 1. The predicted molar refractivity (Wildman–Crippen MR) is 96.7 cm³/mol. The van der Waals surface area contributed by atoms with E-state index in [0.717, 1.165) is 6.07 Å². The molecule has 0 bridgehead atoms. The number of rotatable bonds is 5. The molecule has 3 rings (SSSR count). The average Bonchev–Trinajstić information content (AvgIpc) is 2.97. The average molecular weight is 389 g/mol. The van der Waals surface area contributed by atoms with Gasteiger partial charge in [-0.15, -0.1) is 0 Å². The summed E-state index contributed by atoms with van der Waals surface area (Å²) in [5, 5.41) is 6.42. The molecular weight excluding hydrogens is 373 g/mol. The monoisotopic (exact) mass is 388 g/mol. The molecule has 1 aliphatic heterocycles. The van der Waals surface area contributed by atoms with Crippen LogP contribution in [0.4, 0.5) is 10.1 Å². The lowest BCUT2D eigenvalue weighted by Gasteiger charge is -2.19. The van der Waals surface area contributed by atoms with Gasteiger partial charge in [0.1, 0.15) is 16.5 Å². The maximum atomic E-state index is 13.4. The van der Waals surface area contributed by atoms with Crippen LogP contribution in [0.15, 0.2) is 53.6 Å². The highest BCUT2D eigenvalue weighted by Gasteiger charge is 2.58. The Kier molecular flexibility index (Phi) is 5.30. The second-order valence-electron chi connectivity index (χ2n) is 6.06. The molecule has 2 amide bonds. The molecular formula is C18H16ClFN5O2+. The van der Waals surface area contributed by atoms with Crippen LogP contribution in [-0.2, 0) is 16.1 Å². The van der Waals surface area contributed by atoms with Crippen LogP contribution in [0.1, 0.15) is 12.0 Å². The lowest BCUT2D eigenvalue weighted by atomic mass is 9.97. The highest BCUT2D eigenvalue weighted by atomic mass is 35.5. The first kappa shape index (κ1) is 18.7. The van der Waals surface area contributed by atoms with Gasteiger partial charge >= 0.3 is 5.54 Å². The molecule has 9 heteroatoms. The molecule has 1 heterocycles. The maximum absolute atomic E-state index is 13.4. The lowest BCUT2D eigenvalue weighted by molar-refractivity contribution is -0.134. The summed E-state index contributed by atoms with van der Waals surface area (Å²) in [7, 11) is 0. The number of amides is 2. The van der Waals surface area contributed by atoms with Gasteiger partial charge in [0.25, 0.3) is 11.8 Å². The van der Waals surface area contributed by atoms with Gasteiger partial charge in [-0.05, 0) is 35.9 Å². The molecule has 1 fully saturated rings. The van der Waals surface area contributed by atoms with Crippen molar-refractivity contribution in [1.82, 2.24) is 10.2 Å². The molecule has 1 aliphatic rings. The van der Waals surface area contributed by atoms with Gasteiger partial charge in [-0.3, -0.25) is 9.59 Å². The quantitative estimate of drug-likeness (QED) is 0.467. The number of hydrogen-bond donors (Lipinski definition) is 2. The second kappa shape index (κ2) is 7.65. The summed E-state index contributed by atoms with van der Waals surface area (Å²) in [6.07, 6.45) is 0.0822. The molecule has 0 unspecified atom stereocenters. The van der Waals surface area contributed by atoms with Crippen molar-refractivity contribution in [2.45, 2.75) is 18.5 Å². The molecule has 0 aromatic heterocycles. The van der Waals surface area contributed by atoms with Gasteiger partial charge in [0.2, 0.25) is 4.91 Å². The van der Waals surface area contributed by atoms with E-state index in [4.69, 9.17) is 17.1 Å². The highest BCUT2D eigenvalue weighted by molar-refractivity contribution is 6.30. The second-order valence-corrected chi connectivity index (χ2v) is 6.50. The van der Waals surface area contributed by atoms with Gasteiger partial charge in [0.05, 0.1) is 0 Å². The lowest BCUT2D eigenvalue weighted by Crippen LogP contribution is -2.51. The van der Waals surface area contributed by atoms with Gasteiger partial charge < -0.3 is 10.2 Å². The summed E-state index contributed by atoms with van der Waals surface area (Å²) in [6.45, 7) is 0.227. The van der Waals surface area contributed by atoms with E-state index in [0.29, 0.717) is 11.3 Å². The fourth-order valence-corrected chi connectivity index (χ4v) is 3.28. The summed E-state index contributed by atoms with van der Waals surface area (Å²) in [4.78, 5) is 30.1. The first-order valence-corrected chi connectivity index (χ1v) is 8.53. The third-order valence-corrected chi connectivity index (χ3v) is 4.55. The third-order valence-electron chi connectivity index (χ3n) is 4.34. The molecule has 0 spiro atoms. The number of anilines is 1. The maximum Gasteiger partial charge on any atom is 0.300 e. The molecule has 0 aliphatic carbocycles. The van der Waals surface area contributed by atoms with Gasteiger partial charge in [-0.25, -0.2) is 4.39 Å². The van der Waals surface area contributed by atoms with Gasteiger partial charge in [-0.2, -0.15) is 0 Å². The van der Waals surface area contributed by atoms with Crippen LogP contribution >= 0.6 is 11.6 Å². The number of nitrogens with one attached hydrogen (secondary N) is 2. The van der Waals surface area contributed by atoms with E-state index in [1.807, 2.05) is 6.07 Å². The van der Waals surface area contributed by atoms with Crippen molar-refractivity contribution in [2.24, 2.45) is 5.11 Å². The third kappa shape index (κ3) is 3.72. The summed E-state index contributed by atoms with van der Waals surface area (Å²) in [5.74, 6) is -1.78. The number of nitrogens with zero attached hydrogens (tertiary/aromatic N) is 3. The van der Waals surface area contributed by atoms with Crippen LogP contribution in [0.3, 0.4) is 0 Å². The SMILES string of the molecule is N=[N+]=N[C@]1(C(=O)NCc2cc(F)cc(Cl)c2)CCN(c2ccccc2)C1=O. The molecule has 27 heavy (non-hydrogen) atoms.